The highest BCUT2D eigenvalue weighted by molar-refractivity contribution is 8.00. The first-order chi connectivity index (χ1) is 14.1. The third-order valence-corrected chi connectivity index (χ3v) is 6.09. The lowest BCUT2D eigenvalue weighted by atomic mass is 10.1. The first-order valence-corrected chi connectivity index (χ1v) is 10.4. The van der Waals surface area contributed by atoms with Crippen LogP contribution in [0.5, 0.6) is 0 Å². The molecule has 0 saturated heterocycles. The number of halogens is 3. The average molecular weight is 456 g/mol. The van der Waals surface area contributed by atoms with Gasteiger partial charge in [0.1, 0.15) is 17.0 Å². The smallest absolute Gasteiger partial charge is 0.454 e. The fourth-order valence-corrected chi connectivity index (χ4v) is 4.00. The number of hydrogen-bond donors (Lipinski definition) is 2. The number of benzene rings is 1. The third-order valence-electron chi connectivity index (χ3n) is 4.14. The van der Waals surface area contributed by atoms with Crippen LogP contribution >= 0.6 is 23.1 Å². The van der Waals surface area contributed by atoms with E-state index in [0.29, 0.717) is 32.8 Å². The second kappa shape index (κ2) is 8.48. The number of carbonyl (C=O) groups is 2. The Kier molecular flexibility index (Phi) is 6.17. The van der Waals surface area contributed by atoms with Crippen molar-refractivity contribution in [3.63, 3.8) is 0 Å². The van der Waals surface area contributed by atoms with Crippen LogP contribution in [0, 0.1) is 6.92 Å². The number of aromatic nitrogens is 2. The van der Waals surface area contributed by atoms with Crippen molar-refractivity contribution in [1.82, 2.24) is 9.97 Å². The topological polar surface area (TPSA) is 107 Å². The quantitative estimate of drug-likeness (QED) is 0.423. The number of thiazole rings is 1. The van der Waals surface area contributed by atoms with Crippen LogP contribution in [-0.2, 0) is 16.1 Å². The lowest BCUT2D eigenvalue weighted by molar-refractivity contribution is -0.201. The van der Waals surface area contributed by atoms with Crippen molar-refractivity contribution in [3.8, 4) is 0 Å². The number of hydrogen-bond acceptors (Lipinski definition) is 8. The molecule has 0 atom stereocenters. The molecule has 2 aromatic heterocycles. The van der Waals surface area contributed by atoms with E-state index in [9.17, 15) is 22.8 Å². The number of ether oxygens (including phenoxy) is 1. The van der Waals surface area contributed by atoms with E-state index in [2.05, 4.69) is 20.0 Å². The largest absolute Gasteiger partial charge is 0.490 e. The summed E-state index contributed by atoms with van der Waals surface area (Å²) < 4.78 is 42.2. The number of nitrogens with two attached hydrogens (primary N) is 1. The van der Waals surface area contributed by atoms with E-state index in [4.69, 9.17) is 5.73 Å². The summed E-state index contributed by atoms with van der Waals surface area (Å²) in [6, 6.07) is 4.79. The van der Waals surface area contributed by atoms with Gasteiger partial charge in [-0.25, -0.2) is 14.8 Å². The van der Waals surface area contributed by atoms with Crippen molar-refractivity contribution in [2.24, 2.45) is 5.73 Å². The van der Waals surface area contributed by atoms with Gasteiger partial charge in [-0.05, 0) is 30.4 Å². The lowest BCUT2D eigenvalue weighted by Crippen LogP contribution is -2.25. The molecule has 0 bridgehead atoms. The number of pyridine rings is 1. The Labute approximate surface area is 176 Å². The standard InChI is InChI=1S/C18H15F3N4O3S2/c1-8-9(7-28-16(27)18(19,20)21)4-3-5-11(8)24-12-10(14(22)26)6-23-15-13(12)25-17(29-2)30-15/h3-6H,7H2,1-2H3,(H2,22,26)(H,23,24). The molecule has 12 heteroatoms. The van der Waals surface area contributed by atoms with Crippen LogP contribution in [0.15, 0.2) is 28.7 Å². The zero-order valence-electron chi connectivity index (χ0n) is 15.7. The van der Waals surface area contributed by atoms with Gasteiger partial charge < -0.3 is 15.8 Å². The molecule has 1 amide bonds. The summed E-state index contributed by atoms with van der Waals surface area (Å²) in [7, 11) is 0. The molecule has 0 radical (unpaired) electrons. The van der Waals surface area contributed by atoms with Crippen molar-refractivity contribution in [2.75, 3.05) is 11.6 Å². The number of nitrogens with one attached hydrogen (secondary N) is 1. The van der Waals surface area contributed by atoms with Crippen LogP contribution in [0.2, 0.25) is 0 Å². The maximum Gasteiger partial charge on any atom is 0.490 e. The Balaban J connectivity index is 1.97. The minimum atomic E-state index is -5.07. The van der Waals surface area contributed by atoms with Gasteiger partial charge in [-0.3, -0.25) is 4.79 Å². The lowest BCUT2D eigenvalue weighted by Gasteiger charge is -2.16. The third kappa shape index (κ3) is 4.49. The van der Waals surface area contributed by atoms with Gasteiger partial charge in [-0.15, -0.1) is 0 Å². The van der Waals surface area contributed by atoms with E-state index in [0.717, 1.165) is 4.34 Å². The number of nitrogens with zero attached hydrogens (tertiary/aromatic N) is 2. The molecule has 0 unspecified atom stereocenters. The van der Waals surface area contributed by atoms with E-state index >= 15 is 0 Å². The Bertz CT molecular complexity index is 1130. The van der Waals surface area contributed by atoms with Crippen molar-refractivity contribution in [1.29, 1.82) is 0 Å². The van der Waals surface area contributed by atoms with Crippen molar-refractivity contribution in [3.05, 3.63) is 41.1 Å². The van der Waals surface area contributed by atoms with E-state index in [1.165, 1.54) is 35.4 Å². The Morgan fingerprint density at radius 3 is 2.70 bits per heavy atom. The molecule has 0 spiro atoms. The fraction of sp³-hybridized carbons (Fsp3) is 0.222. The number of amides is 1. The number of fused-ring (bicyclic) bond motifs is 1. The molecule has 0 saturated carbocycles. The highest BCUT2D eigenvalue weighted by Crippen LogP contribution is 2.35. The second-order valence-electron chi connectivity index (χ2n) is 6.04. The summed E-state index contributed by atoms with van der Waals surface area (Å²) in [5.41, 5.74) is 7.78. The molecular weight excluding hydrogens is 441 g/mol. The monoisotopic (exact) mass is 456 g/mol. The van der Waals surface area contributed by atoms with E-state index in [1.807, 2.05) is 6.26 Å². The van der Waals surface area contributed by atoms with Gasteiger partial charge in [0.15, 0.2) is 4.34 Å². The van der Waals surface area contributed by atoms with E-state index < -0.39 is 24.7 Å². The highest BCUT2D eigenvalue weighted by atomic mass is 32.2. The SMILES string of the molecule is CSc1nc2c(Nc3cccc(COC(=O)C(F)(F)F)c3C)c(C(N)=O)cnc2s1. The van der Waals surface area contributed by atoms with Gasteiger partial charge in [0, 0.05) is 11.9 Å². The molecule has 3 N–H and O–H groups in total. The number of esters is 1. The summed E-state index contributed by atoms with van der Waals surface area (Å²) in [6.07, 6.45) is -1.86. The number of thioether (sulfide) groups is 1. The minimum Gasteiger partial charge on any atom is -0.454 e. The number of anilines is 2. The van der Waals surface area contributed by atoms with Crippen LogP contribution in [0.4, 0.5) is 24.5 Å². The second-order valence-corrected chi connectivity index (χ2v) is 8.07. The van der Waals surface area contributed by atoms with Gasteiger partial charge in [0.05, 0.1) is 11.3 Å². The molecule has 7 nitrogen and oxygen atoms in total. The number of carbonyl (C=O) groups excluding carboxylic acids is 2. The number of alkyl halides is 3. The predicted molar refractivity (Wildman–Crippen MR) is 108 cm³/mol. The molecule has 3 rings (SSSR count). The Morgan fingerprint density at radius 2 is 2.07 bits per heavy atom. The zero-order chi connectivity index (χ0) is 22.1. The molecule has 1 aromatic carbocycles. The van der Waals surface area contributed by atoms with Crippen molar-refractivity contribution >= 4 is 56.7 Å². The first-order valence-electron chi connectivity index (χ1n) is 8.34. The van der Waals surface area contributed by atoms with Gasteiger partial charge in [-0.2, -0.15) is 13.2 Å². The predicted octanol–water partition coefficient (Wildman–Crippen LogP) is 4.17. The summed E-state index contributed by atoms with van der Waals surface area (Å²) in [6.45, 7) is 1.09. The number of primary amides is 1. The van der Waals surface area contributed by atoms with Gasteiger partial charge in [-0.1, -0.05) is 35.2 Å². The minimum absolute atomic E-state index is 0.119. The highest BCUT2D eigenvalue weighted by Gasteiger charge is 2.40. The Hall–Kier alpha value is -2.86. The average Bonchev–Trinajstić information content (AvgIpc) is 3.11. The van der Waals surface area contributed by atoms with Crippen LogP contribution in [-0.4, -0.2) is 34.3 Å². The van der Waals surface area contributed by atoms with Crippen molar-refractivity contribution < 1.29 is 27.5 Å². The summed E-state index contributed by atoms with van der Waals surface area (Å²) in [4.78, 5) is 32.2. The van der Waals surface area contributed by atoms with Gasteiger partial charge >= 0.3 is 12.1 Å². The summed E-state index contributed by atoms with van der Waals surface area (Å²) >= 11 is 2.77. The zero-order valence-corrected chi connectivity index (χ0v) is 17.3. The van der Waals surface area contributed by atoms with E-state index in [-0.39, 0.29) is 5.56 Å². The van der Waals surface area contributed by atoms with Gasteiger partial charge in [0.25, 0.3) is 5.91 Å². The molecule has 0 aliphatic rings. The fourth-order valence-electron chi connectivity index (χ4n) is 2.59. The summed E-state index contributed by atoms with van der Waals surface area (Å²) in [5, 5.41) is 3.09. The molecule has 3 aromatic rings. The molecule has 0 fully saturated rings. The molecule has 158 valence electrons. The van der Waals surface area contributed by atoms with Crippen LogP contribution < -0.4 is 11.1 Å². The van der Waals surface area contributed by atoms with E-state index in [1.54, 1.807) is 19.1 Å². The van der Waals surface area contributed by atoms with Crippen LogP contribution in [0.1, 0.15) is 21.5 Å². The van der Waals surface area contributed by atoms with Crippen LogP contribution in [0.25, 0.3) is 10.3 Å². The normalized spacial score (nSPS) is 11.5. The van der Waals surface area contributed by atoms with Crippen molar-refractivity contribution in [2.45, 2.75) is 24.0 Å². The molecule has 2 heterocycles. The maximum atomic E-state index is 12.4. The molecule has 30 heavy (non-hydrogen) atoms. The molecule has 0 aliphatic heterocycles. The maximum absolute atomic E-state index is 12.4. The van der Waals surface area contributed by atoms with Gasteiger partial charge in [0.2, 0.25) is 0 Å². The van der Waals surface area contributed by atoms with Crippen LogP contribution in [0.3, 0.4) is 0 Å². The summed E-state index contributed by atoms with van der Waals surface area (Å²) in [5.74, 6) is -2.97. The number of rotatable bonds is 6. The molecule has 0 aliphatic carbocycles. The first kappa shape index (κ1) is 21.8. The Morgan fingerprint density at radius 1 is 1.33 bits per heavy atom. The molecular formula is C18H15F3N4O3S2.